The molecule has 2 N–H and O–H groups in total. The molecule has 0 bridgehead atoms. The van der Waals surface area contributed by atoms with Crippen LogP contribution >= 0.6 is 24.0 Å². The van der Waals surface area contributed by atoms with Crippen molar-refractivity contribution in [2.24, 2.45) is 4.99 Å². The summed E-state index contributed by atoms with van der Waals surface area (Å²) in [5, 5.41) is 6.38. The summed E-state index contributed by atoms with van der Waals surface area (Å²) in [5.41, 5.74) is 0. The molecule has 0 aliphatic heterocycles. The second-order valence-electron chi connectivity index (χ2n) is 4.04. The number of hydrogen-bond acceptors (Lipinski definition) is 2. The van der Waals surface area contributed by atoms with Crippen LogP contribution in [0.3, 0.4) is 0 Å². The fourth-order valence-electron chi connectivity index (χ4n) is 1.71. The quantitative estimate of drug-likeness (QED) is 0.416. The standard InChI is InChI=1S/C12H28N4.HI/c1-6-16(7-2)10-8-9-11(3)15-12(13-4)14-5;/h11H,6-10H2,1-5H3,(H2,13,14,15);1H. The van der Waals surface area contributed by atoms with Gasteiger partial charge in [0, 0.05) is 20.1 Å². The SMILES string of the molecule is CCN(CC)CCCC(C)NC(=NC)NC.I. The van der Waals surface area contributed by atoms with E-state index in [2.05, 4.69) is 41.3 Å². The molecule has 0 aromatic carbocycles. The van der Waals surface area contributed by atoms with E-state index in [0.29, 0.717) is 6.04 Å². The molecule has 0 rings (SSSR count). The summed E-state index contributed by atoms with van der Waals surface area (Å²) in [6, 6.07) is 0.474. The molecule has 0 spiro atoms. The minimum absolute atomic E-state index is 0. The molecule has 0 aromatic rings. The molecule has 0 heterocycles. The molecule has 104 valence electrons. The van der Waals surface area contributed by atoms with E-state index in [9.17, 15) is 0 Å². The number of nitrogens with zero attached hydrogens (tertiary/aromatic N) is 2. The van der Waals surface area contributed by atoms with Gasteiger partial charge in [0.2, 0.25) is 0 Å². The predicted octanol–water partition coefficient (Wildman–Crippen LogP) is 1.91. The van der Waals surface area contributed by atoms with Crippen molar-refractivity contribution in [3.05, 3.63) is 0 Å². The zero-order chi connectivity index (χ0) is 12.4. The van der Waals surface area contributed by atoms with Crippen LogP contribution in [0.15, 0.2) is 4.99 Å². The van der Waals surface area contributed by atoms with Crippen molar-refractivity contribution in [1.29, 1.82) is 0 Å². The maximum atomic E-state index is 4.11. The molecule has 1 unspecified atom stereocenters. The number of hydrogen-bond donors (Lipinski definition) is 2. The van der Waals surface area contributed by atoms with Crippen LogP contribution in [0.5, 0.6) is 0 Å². The Morgan fingerprint density at radius 3 is 2.29 bits per heavy atom. The highest BCUT2D eigenvalue weighted by Crippen LogP contribution is 1.99. The highest BCUT2D eigenvalue weighted by molar-refractivity contribution is 14.0. The topological polar surface area (TPSA) is 39.7 Å². The van der Waals surface area contributed by atoms with Gasteiger partial charge < -0.3 is 15.5 Å². The van der Waals surface area contributed by atoms with E-state index < -0.39 is 0 Å². The lowest BCUT2D eigenvalue weighted by Crippen LogP contribution is -2.40. The van der Waals surface area contributed by atoms with Crippen LogP contribution in [-0.2, 0) is 0 Å². The van der Waals surface area contributed by atoms with Gasteiger partial charge in [-0.05, 0) is 39.4 Å². The fraction of sp³-hybridized carbons (Fsp3) is 0.917. The van der Waals surface area contributed by atoms with Crippen molar-refractivity contribution in [3.63, 3.8) is 0 Å². The van der Waals surface area contributed by atoms with Gasteiger partial charge in [0.25, 0.3) is 0 Å². The average Bonchev–Trinajstić information content (AvgIpc) is 2.31. The first kappa shape index (κ1) is 19.3. The van der Waals surface area contributed by atoms with Gasteiger partial charge in [-0.3, -0.25) is 4.99 Å². The van der Waals surface area contributed by atoms with Gasteiger partial charge in [0.05, 0.1) is 0 Å². The highest BCUT2D eigenvalue weighted by Gasteiger charge is 2.05. The molecule has 17 heavy (non-hydrogen) atoms. The molecule has 0 amide bonds. The van der Waals surface area contributed by atoms with Gasteiger partial charge in [-0.25, -0.2) is 0 Å². The Labute approximate surface area is 124 Å². The minimum Gasteiger partial charge on any atom is -0.359 e. The van der Waals surface area contributed by atoms with E-state index in [-0.39, 0.29) is 24.0 Å². The van der Waals surface area contributed by atoms with E-state index in [0.717, 1.165) is 19.0 Å². The number of nitrogens with one attached hydrogen (secondary N) is 2. The highest BCUT2D eigenvalue weighted by atomic mass is 127. The zero-order valence-electron chi connectivity index (χ0n) is 11.9. The summed E-state index contributed by atoms with van der Waals surface area (Å²) in [6.45, 7) is 10.1. The Morgan fingerprint density at radius 2 is 1.88 bits per heavy atom. The summed E-state index contributed by atoms with van der Waals surface area (Å²) < 4.78 is 0. The zero-order valence-corrected chi connectivity index (χ0v) is 14.2. The van der Waals surface area contributed by atoms with Crippen molar-refractivity contribution in [2.45, 2.75) is 39.7 Å². The van der Waals surface area contributed by atoms with Gasteiger partial charge in [0.15, 0.2) is 5.96 Å². The normalized spacial score (nSPS) is 13.2. The molecule has 0 radical (unpaired) electrons. The van der Waals surface area contributed by atoms with Crippen molar-refractivity contribution in [3.8, 4) is 0 Å². The van der Waals surface area contributed by atoms with Crippen molar-refractivity contribution < 1.29 is 0 Å². The van der Waals surface area contributed by atoms with Gasteiger partial charge in [-0.15, -0.1) is 24.0 Å². The summed E-state index contributed by atoms with van der Waals surface area (Å²) in [7, 11) is 3.68. The molecule has 0 aliphatic carbocycles. The summed E-state index contributed by atoms with van der Waals surface area (Å²) in [6.07, 6.45) is 2.41. The molecule has 0 aromatic heterocycles. The molecule has 1 atom stereocenters. The van der Waals surface area contributed by atoms with Crippen molar-refractivity contribution >= 4 is 29.9 Å². The molecular weight excluding hydrogens is 327 g/mol. The van der Waals surface area contributed by atoms with Crippen LogP contribution in [0.1, 0.15) is 33.6 Å². The lowest BCUT2D eigenvalue weighted by Gasteiger charge is -2.20. The van der Waals surface area contributed by atoms with E-state index >= 15 is 0 Å². The maximum absolute atomic E-state index is 4.11. The monoisotopic (exact) mass is 356 g/mol. The molecule has 0 fully saturated rings. The summed E-state index contributed by atoms with van der Waals surface area (Å²) in [4.78, 5) is 6.56. The Morgan fingerprint density at radius 1 is 1.29 bits per heavy atom. The Hall–Kier alpha value is -0.0400. The van der Waals surface area contributed by atoms with Crippen LogP contribution in [0.2, 0.25) is 0 Å². The first-order chi connectivity index (χ1) is 7.67. The summed E-state index contributed by atoms with van der Waals surface area (Å²) >= 11 is 0. The van der Waals surface area contributed by atoms with Crippen LogP contribution in [0.4, 0.5) is 0 Å². The molecule has 0 aliphatic rings. The molecule has 0 saturated carbocycles. The number of aliphatic imine (C=N–C) groups is 1. The Kier molecular flexibility index (Phi) is 14.1. The third-order valence-electron chi connectivity index (χ3n) is 2.85. The second-order valence-corrected chi connectivity index (χ2v) is 4.04. The minimum atomic E-state index is 0. The average molecular weight is 356 g/mol. The fourth-order valence-corrected chi connectivity index (χ4v) is 1.71. The van der Waals surface area contributed by atoms with Crippen LogP contribution in [-0.4, -0.2) is 50.6 Å². The van der Waals surface area contributed by atoms with E-state index in [1.165, 1.54) is 19.4 Å². The van der Waals surface area contributed by atoms with Gasteiger partial charge in [-0.2, -0.15) is 0 Å². The number of guanidine groups is 1. The molecule has 0 saturated heterocycles. The van der Waals surface area contributed by atoms with E-state index in [4.69, 9.17) is 0 Å². The van der Waals surface area contributed by atoms with Gasteiger partial charge >= 0.3 is 0 Å². The molecule has 4 nitrogen and oxygen atoms in total. The van der Waals surface area contributed by atoms with E-state index in [1.807, 2.05) is 7.05 Å². The lowest BCUT2D eigenvalue weighted by molar-refractivity contribution is 0.292. The van der Waals surface area contributed by atoms with Crippen molar-refractivity contribution in [1.82, 2.24) is 15.5 Å². The predicted molar refractivity (Wildman–Crippen MR) is 87.5 cm³/mol. The molecule has 5 heteroatoms. The van der Waals surface area contributed by atoms with Gasteiger partial charge in [0.1, 0.15) is 0 Å². The first-order valence-electron chi connectivity index (χ1n) is 6.31. The van der Waals surface area contributed by atoms with Crippen LogP contribution in [0, 0.1) is 0 Å². The number of halogens is 1. The second kappa shape index (κ2) is 12.4. The first-order valence-corrected chi connectivity index (χ1v) is 6.31. The van der Waals surface area contributed by atoms with Crippen LogP contribution in [0.25, 0.3) is 0 Å². The summed E-state index contributed by atoms with van der Waals surface area (Å²) in [5.74, 6) is 0.871. The lowest BCUT2D eigenvalue weighted by atomic mass is 10.2. The maximum Gasteiger partial charge on any atom is 0.190 e. The van der Waals surface area contributed by atoms with Crippen LogP contribution < -0.4 is 10.6 Å². The Balaban J connectivity index is 0. The van der Waals surface area contributed by atoms with Crippen molar-refractivity contribution in [2.75, 3.05) is 33.7 Å². The smallest absolute Gasteiger partial charge is 0.190 e. The molecular formula is C12H29IN4. The van der Waals surface area contributed by atoms with E-state index in [1.54, 1.807) is 7.05 Å². The third-order valence-corrected chi connectivity index (χ3v) is 2.85. The number of rotatable bonds is 7. The largest absolute Gasteiger partial charge is 0.359 e. The third kappa shape index (κ3) is 9.64. The Bertz CT molecular complexity index is 193. The van der Waals surface area contributed by atoms with Gasteiger partial charge in [-0.1, -0.05) is 13.8 Å².